The molecule has 0 saturated heterocycles. The summed E-state index contributed by atoms with van der Waals surface area (Å²) >= 11 is 0. The normalized spacial score (nSPS) is 12.4. The Morgan fingerprint density at radius 1 is 1.17 bits per heavy atom. The van der Waals surface area contributed by atoms with E-state index < -0.39 is 6.04 Å². The maximum atomic E-state index is 14.0. The fraction of sp³-hybridized carbons (Fsp3) is 0.214. The minimum atomic E-state index is -0.391. The molecular formula is C14H16FN3. The highest BCUT2D eigenvalue weighted by molar-refractivity contribution is 5.34. The van der Waals surface area contributed by atoms with Gasteiger partial charge in [-0.05, 0) is 36.6 Å². The van der Waals surface area contributed by atoms with Gasteiger partial charge < -0.3 is 0 Å². The van der Waals surface area contributed by atoms with Gasteiger partial charge in [0.25, 0.3) is 0 Å². The predicted molar refractivity (Wildman–Crippen MR) is 69.3 cm³/mol. The van der Waals surface area contributed by atoms with Crippen molar-refractivity contribution in [1.82, 2.24) is 10.4 Å². The van der Waals surface area contributed by atoms with Crippen LogP contribution in [0.4, 0.5) is 4.39 Å². The monoisotopic (exact) mass is 245 g/mol. The molecule has 0 aliphatic heterocycles. The molecule has 0 bridgehead atoms. The zero-order valence-corrected chi connectivity index (χ0v) is 10.4. The van der Waals surface area contributed by atoms with E-state index in [0.29, 0.717) is 5.56 Å². The van der Waals surface area contributed by atoms with E-state index >= 15 is 0 Å². The first-order valence-corrected chi connectivity index (χ1v) is 5.75. The standard InChI is InChI=1S/C14H16FN3/c1-9-3-4-12(13(15)6-9)14(18-16)11-5-10(2)7-17-8-11/h3-8,14,18H,16H2,1-2H3. The van der Waals surface area contributed by atoms with Gasteiger partial charge >= 0.3 is 0 Å². The van der Waals surface area contributed by atoms with Crippen LogP contribution >= 0.6 is 0 Å². The van der Waals surface area contributed by atoms with Crippen molar-refractivity contribution in [2.45, 2.75) is 19.9 Å². The Hall–Kier alpha value is -1.78. The summed E-state index contributed by atoms with van der Waals surface area (Å²) in [6, 6.07) is 6.67. The van der Waals surface area contributed by atoms with E-state index in [0.717, 1.165) is 16.7 Å². The fourth-order valence-electron chi connectivity index (χ4n) is 1.97. The van der Waals surface area contributed by atoms with Crippen LogP contribution < -0.4 is 11.3 Å². The van der Waals surface area contributed by atoms with Crippen molar-refractivity contribution in [3.63, 3.8) is 0 Å². The Labute approximate surface area is 106 Å². The summed E-state index contributed by atoms with van der Waals surface area (Å²) in [6.45, 7) is 3.79. The lowest BCUT2D eigenvalue weighted by atomic mass is 9.98. The van der Waals surface area contributed by atoms with Gasteiger partial charge in [-0.3, -0.25) is 10.8 Å². The number of hydrogen-bond donors (Lipinski definition) is 2. The van der Waals surface area contributed by atoms with Crippen LogP contribution in [0.1, 0.15) is 28.3 Å². The zero-order chi connectivity index (χ0) is 13.1. The highest BCUT2D eigenvalue weighted by Gasteiger charge is 2.16. The van der Waals surface area contributed by atoms with Gasteiger partial charge in [-0.2, -0.15) is 0 Å². The molecule has 0 saturated carbocycles. The molecule has 18 heavy (non-hydrogen) atoms. The van der Waals surface area contributed by atoms with Crippen LogP contribution in [0.15, 0.2) is 36.7 Å². The Morgan fingerprint density at radius 2 is 1.94 bits per heavy atom. The predicted octanol–water partition coefficient (Wildman–Crippen LogP) is 2.39. The van der Waals surface area contributed by atoms with Gasteiger partial charge in [0, 0.05) is 18.0 Å². The molecule has 1 aromatic carbocycles. The SMILES string of the molecule is Cc1cncc(C(NN)c2ccc(C)cc2F)c1. The molecule has 3 nitrogen and oxygen atoms in total. The number of nitrogens with two attached hydrogens (primary N) is 1. The van der Waals surface area contributed by atoms with Crippen LogP contribution in [0.3, 0.4) is 0 Å². The molecule has 1 aromatic heterocycles. The highest BCUT2D eigenvalue weighted by atomic mass is 19.1. The summed E-state index contributed by atoms with van der Waals surface area (Å²) in [5, 5.41) is 0. The van der Waals surface area contributed by atoms with Crippen molar-refractivity contribution < 1.29 is 4.39 Å². The molecule has 94 valence electrons. The van der Waals surface area contributed by atoms with E-state index in [1.54, 1.807) is 18.5 Å². The first-order chi connectivity index (χ1) is 8.61. The van der Waals surface area contributed by atoms with E-state index in [1.807, 2.05) is 26.0 Å². The van der Waals surface area contributed by atoms with Crippen molar-refractivity contribution >= 4 is 0 Å². The van der Waals surface area contributed by atoms with E-state index in [4.69, 9.17) is 5.84 Å². The quantitative estimate of drug-likeness (QED) is 0.645. The smallest absolute Gasteiger partial charge is 0.128 e. The summed E-state index contributed by atoms with van der Waals surface area (Å²) in [7, 11) is 0. The second-order valence-corrected chi connectivity index (χ2v) is 4.42. The van der Waals surface area contributed by atoms with Crippen LogP contribution in [0, 0.1) is 19.7 Å². The Kier molecular flexibility index (Phi) is 3.69. The van der Waals surface area contributed by atoms with Gasteiger partial charge in [0.1, 0.15) is 5.82 Å². The summed E-state index contributed by atoms with van der Waals surface area (Å²) in [4.78, 5) is 4.11. The molecule has 0 spiro atoms. The number of hydrazine groups is 1. The lowest BCUT2D eigenvalue weighted by Gasteiger charge is -2.18. The highest BCUT2D eigenvalue weighted by Crippen LogP contribution is 2.24. The third kappa shape index (κ3) is 2.55. The molecule has 1 heterocycles. The van der Waals surface area contributed by atoms with Gasteiger partial charge in [0.2, 0.25) is 0 Å². The number of benzene rings is 1. The number of aromatic nitrogens is 1. The maximum Gasteiger partial charge on any atom is 0.128 e. The molecule has 0 aliphatic carbocycles. The Balaban J connectivity index is 2.45. The zero-order valence-electron chi connectivity index (χ0n) is 10.4. The first-order valence-electron chi connectivity index (χ1n) is 5.75. The molecular weight excluding hydrogens is 229 g/mol. The third-order valence-corrected chi connectivity index (χ3v) is 2.86. The van der Waals surface area contributed by atoms with Crippen LogP contribution in [-0.2, 0) is 0 Å². The molecule has 3 N–H and O–H groups in total. The average molecular weight is 245 g/mol. The lowest BCUT2D eigenvalue weighted by Crippen LogP contribution is -2.29. The van der Waals surface area contributed by atoms with Gasteiger partial charge in [0.15, 0.2) is 0 Å². The number of nitrogens with one attached hydrogen (secondary N) is 1. The summed E-state index contributed by atoms with van der Waals surface area (Å²) in [6.07, 6.45) is 3.44. The maximum absolute atomic E-state index is 14.0. The van der Waals surface area contributed by atoms with E-state index in [9.17, 15) is 4.39 Å². The van der Waals surface area contributed by atoms with Crippen LogP contribution in [0.5, 0.6) is 0 Å². The third-order valence-electron chi connectivity index (χ3n) is 2.86. The average Bonchev–Trinajstić information content (AvgIpc) is 2.33. The molecule has 2 aromatic rings. The molecule has 0 radical (unpaired) electrons. The van der Waals surface area contributed by atoms with Gasteiger partial charge in [-0.1, -0.05) is 18.2 Å². The second kappa shape index (κ2) is 5.25. The van der Waals surface area contributed by atoms with Crippen LogP contribution in [0.25, 0.3) is 0 Å². The van der Waals surface area contributed by atoms with Crippen LogP contribution in [-0.4, -0.2) is 4.98 Å². The lowest BCUT2D eigenvalue weighted by molar-refractivity contribution is 0.558. The topological polar surface area (TPSA) is 50.9 Å². The van der Waals surface area contributed by atoms with Gasteiger partial charge in [-0.25, -0.2) is 9.82 Å². The Bertz CT molecular complexity index is 554. The van der Waals surface area contributed by atoms with E-state index in [-0.39, 0.29) is 5.82 Å². The van der Waals surface area contributed by atoms with Crippen molar-refractivity contribution in [3.8, 4) is 0 Å². The number of rotatable bonds is 3. The minimum absolute atomic E-state index is 0.264. The Morgan fingerprint density at radius 3 is 2.56 bits per heavy atom. The first kappa shape index (κ1) is 12.7. The molecule has 1 atom stereocenters. The number of halogens is 1. The molecule has 0 aliphatic rings. The number of nitrogens with zero attached hydrogens (tertiary/aromatic N) is 1. The van der Waals surface area contributed by atoms with E-state index in [2.05, 4.69) is 10.4 Å². The largest absolute Gasteiger partial charge is 0.271 e. The van der Waals surface area contributed by atoms with Gasteiger partial charge in [-0.15, -0.1) is 0 Å². The molecule has 2 rings (SSSR count). The molecule has 0 fully saturated rings. The molecule has 1 unspecified atom stereocenters. The van der Waals surface area contributed by atoms with Crippen molar-refractivity contribution in [1.29, 1.82) is 0 Å². The summed E-state index contributed by atoms with van der Waals surface area (Å²) < 4.78 is 14.0. The summed E-state index contributed by atoms with van der Waals surface area (Å²) in [5.41, 5.74) is 5.91. The van der Waals surface area contributed by atoms with Crippen LogP contribution in [0.2, 0.25) is 0 Å². The summed E-state index contributed by atoms with van der Waals surface area (Å²) in [5.74, 6) is 5.28. The second-order valence-electron chi connectivity index (χ2n) is 4.42. The van der Waals surface area contributed by atoms with Crippen molar-refractivity contribution in [2.75, 3.05) is 0 Å². The fourth-order valence-corrected chi connectivity index (χ4v) is 1.97. The van der Waals surface area contributed by atoms with Crippen molar-refractivity contribution in [3.05, 3.63) is 64.7 Å². The van der Waals surface area contributed by atoms with Crippen molar-refractivity contribution in [2.24, 2.45) is 5.84 Å². The van der Waals surface area contributed by atoms with Gasteiger partial charge in [0.05, 0.1) is 6.04 Å². The van der Waals surface area contributed by atoms with E-state index in [1.165, 1.54) is 6.07 Å². The number of aryl methyl sites for hydroxylation is 2. The number of pyridine rings is 1. The number of hydrogen-bond acceptors (Lipinski definition) is 3. The molecule has 4 heteroatoms. The minimum Gasteiger partial charge on any atom is -0.271 e. The molecule has 0 amide bonds.